The Labute approximate surface area is 134 Å². The van der Waals surface area contributed by atoms with Gasteiger partial charge in [-0.2, -0.15) is 0 Å². The molecule has 0 aromatic heterocycles. The molecule has 0 aromatic carbocycles. The number of aliphatic hydroxyl groups excluding tert-OH is 1. The number of hydrogen-bond acceptors (Lipinski definition) is 2. The van der Waals surface area contributed by atoms with E-state index in [2.05, 4.69) is 19.9 Å². The van der Waals surface area contributed by atoms with Gasteiger partial charge in [-0.05, 0) is 74.5 Å². The summed E-state index contributed by atoms with van der Waals surface area (Å²) in [6.45, 7) is 6.87. The highest BCUT2D eigenvalue weighted by atomic mass is 16.3. The molecule has 4 rings (SSSR count). The van der Waals surface area contributed by atoms with Crippen LogP contribution in [0.5, 0.6) is 0 Å². The first-order chi connectivity index (χ1) is 10.4. The maximum Gasteiger partial charge on any atom is 0.141 e. The van der Waals surface area contributed by atoms with Crippen LogP contribution in [0, 0.1) is 34.5 Å². The summed E-state index contributed by atoms with van der Waals surface area (Å²) in [5.74, 6) is 2.86. The fraction of sp³-hybridized carbons (Fsp3) is 0.850. The summed E-state index contributed by atoms with van der Waals surface area (Å²) in [6.07, 6.45) is 9.72. The molecule has 1 N–H and O–H groups in total. The van der Waals surface area contributed by atoms with E-state index in [1.54, 1.807) is 0 Å². The van der Waals surface area contributed by atoms with Crippen molar-refractivity contribution in [2.45, 2.75) is 71.8 Å². The molecule has 0 aliphatic heterocycles. The van der Waals surface area contributed by atoms with Gasteiger partial charge in [-0.25, -0.2) is 0 Å². The largest absolute Gasteiger partial charge is 0.388 e. The number of aliphatic hydroxyl groups is 1. The van der Waals surface area contributed by atoms with Crippen molar-refractivity contribution in [1.29, 1.82) is 0 Å². The summed E-state index contributed by atoms with van der Waals surface area (Å²) in [6, 6.07) is 0. The molecule has 7 atom stereocenters. The molecule has 0 bridgehead atoms. The maximum atomic E-state index is 12.4. The Morgan fingerprint density at radius 1 is 1.18 bits per heavy atom. The molecule has 0 heterocycles. The highest BCUT2D eigenvalue weighted by Gasteiger charge is 2.60. The molecule has 2 heteroatoms. The van der Waals surface area contributed by atoms with Gasteiger partial charge in [0.2, 0.25) is 0 Å². The lowest BCUT2D eigenvalue weighted by Gasteiger charge is -2.56. The van der Waals surface area contributed by atoms with Crippen LogP contribution in [0.15, 0.2) is 11.6 Å². The first-order valence-corrected chi connectivity index (χ1v) is 9.31. The average Bonchev–Trinajstić information content (AvgIpc) is 2.79. The quantitative estimate of drug-likeness (QED) is 0.683. The van der Waals surface area contributed by atoms with Crippen LogP contribution in [0.25, 0.3) is 0 Å². The van der Waals surface area contributed by atoms with Crippen molar-refractivity contribution in [3.63, 3.8) is 0 Å². The predicted octanol–water partition coefficient (Wildman–Crippen LogP) is 4.13. The minimum absolute atomic E-state index is 0.281. The maximum absolute atomic E-state index is 12.4. The van der Waals surface area contributed by atoms with E-state index in [1.807, 2.05) is 6.92 Å². The third kappa shape index (κ3) is 1.74. The Morgan fingerprint density at radius 3 is 2.73 bits per heavy atom. The third-order valence-electron chi connectivity index (χ3n) is 8.12. The van der Waals surface area contributed by atoms with Crippen LogP contribution < -0.4 is 0 Å². The van der Waals surface area contributed by atoms with Gasteiger partial charge in [0.05, 0.1) is 11.5 Å². The van der Waals surface area contributed by atoms with Gasteiger partial charge >= 0.3 is 0 Å². The Bertz CT molecular complexity index is 536. The van der Waals surface area contributed by atoms with Crippen molar-refractivity contribution in [2.75, 3.05) is 0 Å². The second-order valence-electron chi connectivity index (χ2n) is 9.10. The van der Waals surface area contributed by atoms with Gasteiger partial charge in [-0.3, -0.25) is 4.79 Å². The van der Waals surface area contributed by atoms with Gasteiger partial charge in [0.25, 0.3) is 0 Å². The molecule has 122 valence electrons. The SMILES string of the molecule is C[C@@H]1CC[C@]2(C)C3=CC(O)[C@]4(C)C(=O)CC[C@H]4[C@@H]3CC[C@@H]2C1. The molecule has 4 aliphatic carbocycles. The van der Waals surface area contributed by atoms with Gasteiger partial charge in [-0.1, -0.05) is 25.5 Å². The van der Waals surface area contributed by atoms with E-state index in [0.717, 1.165) is 18.3 Å². The zero-order valence-electron chi connectivity index (χ0n) is 14.3. The summed E-state index contributed by atoms with van der Waals surface area (Å²) in [4.78, 5) is 12.4. The molecule has 0 amide bonds. The number of hydrogen-bond donors (Lipinski definition) is 1. The molecule has 1 unspecified atom stereocenters. The van der Waals surface area contributed by atoms with Crippen molar-refractivity contribution in [3.8, 4) is 0 Å². The summed E-state index contributed by atoms with van der Waals surface area (Å²) in [5, 5.41) is 10.8. The molecule has 0 radical (unpaired) electrons. The highest BCUT2D eigenvalue weighted by Crippen LogP contribution is 2.63. The predicted molar refractivity (Wildman–Crippen MR) is 87.3 cm³/mol. The van der Waals surface area contributed by atoms with E-state index in [1.165, 1.54) is 37.7 Å². The molecular weight excluding hydrogens is 272 g/mol. The molecule has 0 saturated heterocycles. The Kier molecular flexibility index (Phi) is 3.18. The lowest BCUT2D eigenvalue weighted by Crippen LogP contribution is -2.52. The van der Waals surface area contributed by atoms with Gasteiger partial charge in [0.15, 0.2) is 0 Å². The zero-order valence-corrected chi connectivity index (χ0v) is 14.3. The molecule has 3 fully saturated rings. The number of carbonyl (C=O) groups excluding carboxylic acids is 1. The van der Waals surface area contributed by atoms with E-state index in [0.29, 0.717) is 24.0 Å². The van der Waals surface area contributed by atoms with E-state index in [9.17, 15) is 9.90 Å². The van der Waals surface area contributed by atoms with Crippen molar-refractivity contribution in [3.05, 3.63) is 11.6 Å². The summed E-state index contributed by atoms with van der Waals surface area (Å²) in [5.41, 5.74) is 1.31. The van der Waals surface area contributed by atoms with Gasteiger partial charge < -0.3 is 5.11 Å². The van der Waals surface area contributed by atoms with Crippen molar-refractivity contribution in [2.24, 2.45) is 34.5 Å². The lowest BCUT2D eigenvalue weighted by molar-refractivity contribution is -0.134. The first kappa shape index (κ1) is 14.9. The normalized spacial score (nSPS) is 54.3. The number of carbonyl (C=O) groups is 1. The monoisotopic (exact) mass is 302 g/mol. The number of allylic oxidation sites excluding steroid dienone is 1. The van der Waals surface area contributed by atoms with Crippen LogP contribution in [0.2, 0.25) is 0 Å². The first-order valence-electron chi connectivity index (χ1n) is 9.31. The van der Waals surface area contributed by atoms with Crippen LogP contribution in [0.1, 0.15) is 65.7 Å². The molecule has 0 spiro atoms. The van der Waals surface area contributed by atoms with Crippen molar-refractivity contribution >= 4 is 5.78 Å². The molecule has 2 nitrogen and oxygen atoms in total. The van der Waals surface area contributed by atoms with Crippen LogP contribution in [-0.2, 0) is 4.79 Å². The summed E-state index contributed by atoms with van der Waals surface area (Å²) >= 11 is 0. The number of rotatable bonds is 0. The second-order valence-corrected chi connectivity index (χ2v) is 9.10. The fourth-order valence-corrected chi connectivity index (χ4v) is 6.53. The standard InChI is InChI=1S/C20H30O2/c1-12-8-9-19(2)13(10-12)4-5-14-15-6-7-17(21)20(15,3)18(22)11-16(14)19/h11-15,18,22H,4-10H2,1-3H3/t12-,13-,14+,15+,18?,19+,20+/m1/s1. The molecular formula is C20H30O2. The van der Waals surface area contributed by atoms with E-state index >= 15 is 0 Å². The van der Waals surface area contributed by atoms with E-state index < -0.39 is 11.5 Å². The number of Topliss-reactive ketones (excluding diaryl/α,β-unsaturated/α-hetero) is 1. The minimum atomic E-state index is -0.561. The van der Waals surface area contributed by atoms with Crippen LogP contribution in [0.4, 0.5) is 0 Å². The second kappa shape index (κ2) is 4.69. The highest BCUT2D eigenvalue weighted by molar-refractivity contribution is 5.88. The lowest BCUT2D eigenvalue weighted by atomic mass is 9.48. The van der Waals surface area contributed by atoms with Crippen molar-refractivity contribution in [1.82, 2.24) is 0 Å². The van der Waals surface area contributed by atoms with Crippen LogP contribution in [0.3, 0.4) is 0 Å². The topological polar surface area (TPSA) is 37.3 Å². The van der Waals surface area contributed by atoms with Crippen LogP contribution >= 0.6 is 0 Å². The van der Waals surface area contributed by atoms with Gasteiger partial charge in [-0.15, -0.1) is 0 Å². The van der Waals surface area contributed by atoms with E-state index in [4.69, 9.17) is 0 Å². The van der Waals surface area contributed by atoms with E-state index in [-0.39, 0.29) is 5.41 Å². The Morgan fingerprint density at radius 2 is 1.95 bits per heavy atom. The Hall–Kier alpha value is -0.630. The Balaban J connectivity index is 1.76. The smallest absolute Gasteiger partial charge is 0.141 e. The molecule has 4 aliphatic rings. The summed E-state index contributed by atoms with van der Waals surface area (Å²) < 4.78 is 0. The zero-order chi connectivity index (χ0) is 15.7. The molecule has 0 aromatic rings. The molecule has 3 saturated carbocycles. The number of ketones is 1. The van der Waals surface area contributed by atoms with Crippen LogP contribution in [-0.4, -0.2) is 17.0 Å². The number of fused-ring (bicyclic) bond motifs is 5. The third-order valence-corrected chi connectivity index (χ3v) is 8.12. The fourth-order valence-electron chi connectivity index (χ4n) is 6.53. The summed E-state index contributed by atoms with van der Waals surface area (Å²) in [7, 11) is 0. The van der Waals surface area contributed by atoms with Crippen molar-refractivity contribution < 1.29 is 9.90 Å². The minimum Gasteiger partial charge on any atom is -0.388 e. The van der Waals surface area contributed by atoms with Gasteiger partial charge in [0.1, 0.15) is 5.78 Å². The molecule has 22 heavy (non-hydrogen) atoms. The average molecular weight is 302 g/mol. The van der Waals surface area contributed by atoms with Gasteiger partial charge in [0, 0.05) is 6.42 Å².